The van der Waals surface area contributed by atoms with Gasteiger partial charge in [0, 0.05) is 0 Å². The predicted molar refractivity (Wildman–Crippen MR) is 44.0 cm³/mol. The van der Waals surface area contributed by atoms with Crippen LogP contribution in [-0.2, 0) is 6.18 Å². The zero-order chi connectivity index (χ0) is 10.2. The summed E-state index contributed by atoms with van der Waals surface area (Å²) < 4.78 is 36.7. The minimum Gasteiger partial charge on any atom is -0.240 e. The van der Waals surface area contributed by atoms with Crippen molar-refractivity contribution in [3.05, 3.63) is 27.5 Å². The molecule has 0 saturated heterocycles. The van der Waals surface area contributed by atoms with Crippen molar-refractivity contribution in [1.29, 1.82) is 0 Å². The van der Waals surface area contributed by atoms with Crippen LogP contribution in [0.2, 0.25) is 10.2 Å². The SMILES string of the molecule is Cc1nc(Cl)cc(C(F)(F)F)c1Cl. The normalized spacial score (nSPS) is 11.8. The van der Waals surface area contributed by atoms with Gasteiger partial charge in [0.15, 0.2) is 0 Å². The lowest BCUT2D eigenvalue weighted by atomic mass is 10.2. The number of rotatable bonds is 0. The standard InChI is InChI=1S/C7H4Cl2F3N/c1-3-6(9)4(7(10,11)12)2-5(8)13-3/h2H,1H3. The monoisotopic (exact) mass is 229 g/mol. The number of alkyl halides is 3. The van der Waals surface area contributed by atoms with Crippen molar-refractivity contribution in [2.45, 2.75) is 13.1 Å². The zero-order valence-corrected chi connectivity index (χ0v) is 7.93. The highest BCUT2D eigenvalue weighted by atomic mass is 35.5. The molecule has 6 heteroatoms. The van der Waals surface area contributed by atoms with Crippen LogP contribution in [0.25, 0.3) is 0 Å². The van der Waals surface area contributed by atoms with Crippen molar-refractivity contribution in [2.24, 2.45) is 0 Å². The van der Waals surface area contributed by atoms with E-state index in [1.54, 1.807) is 0 Å². The van der Waals surface area contributed by atoms with Gasteiger partial charge in [-0.15, -0.1) is 0 Å². The molecule has 1 aromatic heterocycles. The third-order valence-corrected chi connectivity index (χ3v) is 2.07. The van der Waals surface area contributed by atoms with Gasteiger partial charge in [0.05, 0.1) is 16.3 Å². The summed E-state index contributed by atoms with van der Waals surface area (Å²) in [7, 11) is 0. The third-order valence-electron chi connectivity index (χ3n) is 1.40. The lowest BCUT2D eigenvalue weighted by molar-refractivity contribution is -0.137. The Morgan fingerprint density at radius 1 is 1.31 bits per heavy atom. The second kappa shape index (κ2) is 3.35. The average Bonchev–Trinajstić information content (AvgIpc) is 1.94. The van der Waals surface area contributed by atoms with E-state index in [1.165, 1.54) is 6.92 Å². The molecule has 0 N–H and O–H groups in total. The molecule has 0 atom stereocenters. The molecule has 0 aromatic carbocycles. The molecule has 0 spiro atoms. The number of aromatic nitrogens is 1. The van der Waals surface area contributed by atoms with E-state index in [4.69, 9.17) is 23.2 Å². The van der Waals surface area contributed by atoms with Gasteiger partial charge in [0.2, 0.25) is 0 Å². The van der Waals surface area contributed by atoms with E-state index in [2.05, 4.69) is 4.98 Å². The number of pyridine rings is 1. The molecule has 1 heterocycles. The van der Waals surface area contributed by atoms with Gasteiger partial charge in [-0.2, -0.15) is 13.2 Å². The van der Waals surface area contributed by atoms with Crippen molar-refractivity contribution in [1.82, 2.24) is 4.98 Å². The zero-order valence-electron chi connectivity index (χ0n) is 6.41. The van der Waals surface area contributed by atoms with E-state index < -0.39 is 16.8 Å². The van der Waals surface area contributed by atoms with Crippen LogP contribution in [0.4, 0.5) is 13.2 Å². The summed E-state index contributed by atoms with van der Waals surface area (Å²) in [4.78, 5) is 3.58. The fourth-order valence-corrected chi connectivity index (χ4v) is 1.27. The second-order valence-corrected chi connectivity index (χ2v) is 3.15. The largest absolute Gasteiger partial charge is 0.418 e. The van der Waals surface area contributed by atoms with Crippen molar-refractivity contribution in [2.75, 3.05) is 0 Å². The molecule has 0 aliphatic heterocycles. The van der Waals surface area contributed by atoms with Gasteiger partial charge < -0.3 is 0 Å². The molecule has 1 nitrogen and oxygen atoms in total. The second-order valence-electron chi connectivity index (χ2n) is 2.39. The topological polar surface area (TPSA) is 12.9 Å². The third kappa shape index (κ3) is 2.25. The Kier molecular flexibility index (Phi) is 2.73. The number of aryl methyl sites for hydroxylation is 1. The minimum absolute atomic E-state index is 0.0708. The Morgan fingerprint density at radius 2 is 1.85 bits per heavy atom. The Hall–Kier alpha value is -0.480. The lowest BCUT2D eigenvalue weighted by Gasteiger charge is -2.10. The molecule has 0 bridgehead atoms. The van der Waals surface area contributed by atoms with E-state index in [0.29, 0.717) is 6.07 Å². The Labute approximate surface area is 82.5 Å². The highest BCUT2D eigenvalue weighted by Crippen LogP contribution is 2.36. The molecule has 0 radical (unpaired) electrons. The van der Waals surface area contributed by atoms with Gasteiger partial charge in [-0.05, 0) is 13.0 Å². The molecular weight excluding hydrogens is 226 g/mol. The van der Waals surface area contributed by atoms with Crippen LogP contribution >= 0.6 is 23.2 Å². The Balaban J connectivity index is 3.37. The minimum atomic E-state index is -4.49. The number of hydrogen-bond acceptors (Lipinski definition) is 1. The van der Waals surface area contributed by atoms with Crippen molar-refractivity contribution < 1.29 is 13.2 Å². The molecule has 13 heavy (non-hydrogen) atoms. The van der Waals surface area contributed by atoms with E-state index in [9.17, 15) is 13.2 Å². The summed E-state index contributed by atoms with van der Waals surface area (Å²) in [6, 6.07) is 0.705. The molecule has 0 saturated carbocycles. The van der Waals surface area contributed by atoms with E-state index >= 15 is 0 Å². The fourth-order valence-electron chi connectivity index (χ4n) is 0.825. The van der Waals surface area contributed by atoms with E-state index in [0.717, 1.165) is 0 Å². The van der Waals surface area contributed by atoms with Gasteiger partial charge in [-0.3, -0.25) is 0 Å². The fraction of sp³-hybridized carbons (Fsp3) is 0.286. The maximum atomic E-state index is 12.2. The first-order valence-electron chi connectivity index (χ1n) is 3.22. The molecule has 0 unspecified atom stereocenters. The number of halogens is 5. The number of hydrogen-bond donors (Lipinski definition) is 0. The molecule has 1 aromatic rings. The van der Waals surface area contributed by atoms with Gasteiger partial charge in [0.1, 0.15) is 5.15 Å². The Bertz CT molecular complexity index is 335. The van der Waals surface area contributed by atoms with Crippen molar-refractivity contribution in [3.63, 3.8) is 0 Å². The smallest absolute Gasteiger partial charge is 0.240 e. The highest BCUT2D eigenvalue weighted by molar-refractivity contribution is 6.33. The first-order valence-corrected chi connectivity index (χ1v) is 3.98. The van der Waals surface area contributed by atoms with E-state index in [1.807, 2.05) is 0 Å². The summed E-state index contributed by atoms with van der Waals surface area (Å²) >= 11 is 10.8. The molecule has 0 aliphatic rings. The maximum Gasteiger partial charge on any atom is 0.418 e. The van der Waals surface area contributed by atoms with Crippen LogP contribution in [0.15, 0.2) is 6.07 Å². The lowest BCUT2D eigenvalue weighted by Crippen LogP contribution is -2.07. The van der Waals surface area contributed by atoms with Crippen LogP contribution in [0.3, 0.4) is 0 Å². The molecular formula is C7H4Cl2F3N. The predicted octanol–water partition coefficient (Wildman–Crippen LogP) is 3.72. The quantitative estimate of drug-likeness (QED) is 0.619. The van der Waals surface area contributed by atoms with Gasteiger partial charge in [-0.1, -0.05) is 23.2 Å². The van der Waals surface area contributed by atoms with Crippen molar-refractivity contribution in [3.8, 4) is 0 Å². The van der Waals surface area contributed by atoms with Crippen LogP contribution in [0.5, 0.6) is 0 Å². The summed E-state index contributed by atoms with van der Waals surface area (Å²) in [5, 5.41) is -0.619. The summed E-state index contributed by atoms with van der Waals surface area (Å²) in [5.74, 6) is 0. The van der Waals surface area contributed by atoms with Crippen LogP contribution < -0.4 is 0 Å². The van der Waals surface area contributed by atoms with Gasteiger partial charge >= 0.3 is 6.18 Å². The van der Waals surface area contributed by atoms with Crippen LogP contribution in [0.1, 0.15) is 11.3 Å². The van der Waals surface area contributed by atoms with Crippen LogP contribution in [-0.4, -0.2) is 4.98 Å². The first kappa shape index (κ1) is 10.6. The maximum absolute atomic E-state index is 12.2. The van der Waals surface area contributed by atoms with Gasteiger partial charge in [0.25, 0.3) is 0 Å². The van der Waals surface area contributed by atoms with Gasteiger partial charge in [-0.25, -0.2) is 4.98 Å². The summed E-state index contributed by atoms with van der Waals surface area (Å²) in [5.41, 5.74) is -0.881. The van der Waals surface area contributed by atoms with Crippen LogP contribution in [0, 0.1) is 6.92 Å². The Morgan fingerprint density at radius 3 is 2.31 bits per heavy atom. The first-order chi connectivity index (χ1) is 5.82. The van der Waals surface area contributed by atoms with Crippen molar-refractivity contribution >= 4 is 23.2 Å². The van der Waals surface area contributed by atoms with E-state index in [-0.39, 0.29) is 10.8 Å². The summed E-state index contributed by atoms with van der Waals surface area (Å²) in [6.45, 7) is 1.36. The molecule has 0 amide bonds. The average molecular weight is 230 g/mol. The molecule has 1 rings (SSSR count). The highest BCUT2D eigenvalue weighted by Gasteiger charge is 2.34. The molecule has 0 fully saturated rings. The molecule has 0 aliphatic carbocycles. The number of nitrogens with zero attached hydrogens (tertiary/aromatic N) is 1. The molecule has 72 valence electrons. The summed E-state index contributed by atoms with van der Waals surface area (Å²) in [6.07, 6.45) is -4.49.